The van der Waals surface area contributed by atoms with Crippen LogP contribution in [0.15, 0.2) is 36.5 Å². The van der Waals surface area contributed by atoms with E-state index in [4.69, 9.17) is 0 Å². The van der Waals surface area contributed by atoms with Gasteiger partial charge in [0.15, 0.2) is 0 Å². The molecule has 0 unspecified atom stereocenters. The fourth-order valence-corrected chi connectivity index (χ4v) is 2.89. The van der Waals surface area contributed by atoms with E-state index >= 15 is 0 Å². The third kappa shape index (κ3) is 3.10. The zero-order valence-electron chi connectivity index (χ0n) is 12.7. The smallest absolute Gasteiger partial charge is 0.241 e. The molecule has 1 atom stereocenters. The summed E-state index contributed by atoms with van der Waals surface area (Å²) in [5, 5.41) is 13.5. The number of carbonyl (C=O) groups excluding carboxylic acids is 1. The number of benzene rings is 1. The van der Waals surface area contributed by atoms with Gasteiger partial charge in [-0.3, -0.25) is 14.7 Å². The molecule has 5 nitrogen and oxygen atoms in total. The molecule has 1 aliphatic rings. The van der Waals surface area contributed by atoms with E-state index in [2.05, 4.69) is 15.2 Å². The summed E-state index contributed by atoms with van der Waals surface area (Å²) in [5.41, 5.74) is 1.66. The highest BCUT2D eigenvalue weighted by Gasteiger charge is 2.25. The first kappa shape index (κ1) is 14.9. The van der Waals surface area contributed by atoms with Gasteiger partial charge in [-0.15, -0.1) is 0 Å². The molecule has 0 bridgehead atoms. The minimum Gasteiger partial charge on any atom is -0.393 e. The summed E-state index contributed by atoms with van der Waals surface area (Å²) < 4.78 is 0. The van der Waals surface area contributed by atoms with E-state index in [1.165, 1.54) is 0 Å². The minimum atomic E-state index is -0.226. The maximum atomic E-state index is 12.5. The second kappa shape index (κ2) is 6.42. The highest BCUT2D eigenvalue weighted by atomic mass is 16.3. The third-order valence-electron chi connectivity index (χ3n) is 4.33. The zero-order valence-corrected chi connectivity index (χ0v) is 12.7. The Morgan fingerprint density at radius 1 is 1.32 bits per heavy atom. The molecule has 0 spiro atoms. The van der Waals surface area contributed by atoms with E-state index in [0.29, 0.717) is 0 Å². The van der Waals surface area contributed by atoms with Gasteiger partial charge >= 0.3 is 0 Å². The van der Waals surface area contributed by atoms with Crippen LogP contribution in [0.1, 0.15) is 19.8 Å². The lowest BCUT2D eigenvalue weighted by atomic mass is 10.1. The van der Waals surface area contributed by atoms with Gasteiger partial charge in [-0.1, -0.05) is 6.07 Å². The van der Waals surface area contributed by atoms with Gasteiger partial charge in [-0.25, -0.2) is 0 Å². The van der Waals surface area contributed by atoms with Crippen molar-refractivity contribution >= 4 is 22.5 Å². The number of carbonyl (C=O) groups is 1. The number of pyridine rings is 1. The molecule has 0 saturated carbocycles. The Labute approximate surface area is 130 Å². The third-order valence-corrected chi connectivity index (χ3v) is 4.33. The van der Waals surface area contributed by atoms with Crippen molar-refractivity contribution in [3.63, 3.8) is 0 Å². The van der Waals surface area contributed by atoms with Crippen LogP contribution in [-0.4, -0.2) is 46.1 Å². The summed E-state index contributed by atoms with van der Waals surface area (Å²) in [6.07, 6.45) is 2.98. The lowest BCUT2D eigenvalue weighted by Gasteiger charge is -2.33. The van der Waals surface area contributed by atoms with Crippen LogP contribution in [0.4, 0.5) is 5.69 Å². The van der Waals surface area contributed by atoms with Crippen molar-refractivity contribution in [2.45, 2.75) is 31.9 Å². The van der Waals surface area contributed by atoms with Gasteiger partial charge in [0.1, 0.15) is 0 Å². The van der Waals surface area contributed by atoms with Gasteiger partial charge in [-0.05, 0) is 44.0 Å². The molecule has 0 aliphatic carbocycles. The van der Waals surface area contributed by atoms with Crippen molar-refractivity contribution < 1.29 is 9.90 Å². The largest absolute Gasteiger partial charge is 0.393 e. The molecule has 3 rings (SSSR count). The maximum Gasteiger partial charge on any atom is 0.241 e. The number of hydrogen-bond acceptors (Lipinski definition) is 4. The first-order chi connectivity index (χ1) is 10.6. The van der Waals surface area contributed by atoms with Crippen molar-refractivity contribution in [1.82, 2.24) is 9.88 Å². The number of nitrogens with zero attached hydrogens (tertiary/aromatic N) is 2. The highest BCUT2D eigenvalue weighted by molar-refractivity contribution is 6.02. The predicted octanol–water partition coefficient (Wildman–Crippen LogP) is 2.02. The molecular formula is C17H21N3O2. The lowest BCUT2D eigenvalue weighted by Crippen LogP contribution is -2.47. The second-order valence-electron chi connectivity index (χ2n) is 5.81. The number of rotatable bonds is 3. The monoisotopic (exact) mass is 299 g/mol. The Balaban J connectivity index is 1.73. The van der Waals surface area contributed by atoms with Crippen molar-refractivity contribution in [2.24, 2.45) is 0 Å². The summed E-state index contributed by atoms with van der Waals surface area (Å²) in [6.45, 7) is 3.43. The number of amides is 1. The highest BCUT2D eigenvalue weighted by Crippen LogP contribution is 2.22. The molecule has 2 N–H and O–H groups in total. The molecule has 5 heteroatoms. The van der Waals surface area contributed by atoms with Gasteiger partial charge in [0.25, 0.3) is 0 Å². The number of piperidine rings is 1. The number of aromatic nitrogens is 1. The Morgan fingerprint density at radius 2 is 2.09 bits per heavy atom. The summed E-state index contributed by atoms with van der Waals surface area (Å²) in [4.78, 5) is 18.9. The van der Waals surface area contributed by atoms with Crippen LogP contribution in [0.25, 0.3) is 10.9 Å². The average molecular weight is 299 g/mol. The molecule has 116 valence electrons. The lowest BCUT2D eigenvalue weighted by molar-refractivity contribution is -0.121. The van der Waals surface area contributed by atoms with Crippen molar-refractivity contribution in [2.75, 3.05) is 18.4 Å². The second-order valence-corrected chi connectivity index (χ2v) is 5.81. The molecule has 1 fully saturated rings. The van der Waals surface area contributed by atoms with Crippen LogP contribution in [0.2, 0.25) is 0 Å². The number of aliphatic hydroxyl groups is 1. The van der Waals surface area contributed by atoms with Crippen LogP contribution in [0.5, 0.6) is 0 Å². The first-order valence-corrected chi connectivity index (χ1v) is 7.72. The molecule has 2 aromatic rings. The molecule has 1 saturated heterocycles. The standard InChI is InChI=1S/C17H21N3O2/c1-12(20-10-7-13(21)8-11-20)17(22)19-16-6-2-5-15-14(16)4-3-9-18-15/h2-6,9,12-13,21H,7-8,10-11H2,1H3,(H,19,22)/t12-/m0/s1. The van der Waals surface area contributed by atoms with Gasteiger partial charge in [0.2, 0.25) is 5.91 Å². The summed E-state index contributed by atoms with van der Waals surface area (Å²) >= 11 is 0. The molecule has 0 radical (unpaired) electrons. The number of anilines is 1. The van der Waals surface area contributed by atoms with Gasteiger partial charge in [-0.2, -0.15) is 0 Å². The molecular weight excluding hydrogens is 278 g/mol. The molecule has 22 heavy (non-hydrogen) atoms. The Bertz CT molecular complexity index is 661. The molecule has 1 aliphatic heterocycles. The Kier molecular flexibility index (Phi) is 4.36. The number of likely N-dealkylation sites (tertiary alicyclic amines) is 1. The zero-order chi connectivity index (χ0) is 15.5. The van der Waals surface area contributed by atoms with Crippen LogP contribution in [-0.2, 0) is 4.79 Å². The summed E-state index contributed by atoms with van der Waals surface area (Å²) in [7, 11) is 0. The molecule has 1 aromatic carbocycles. The Hall–Kier alpha value is -1.98. The first-order valence-electron chi connectivity index (χ1n) is 7.72. The number of nitrogens with one attached hydrogen (secondary N) is 1. The molecule has 2 heterocycles. The average Bonchev–Trinajstić information content (AvgIpc) is 2.55. The van der Waals surface area contributed by atoms with Gasteiger partial charge < -0.3 is 10.4 Å². The van der Waals surface area contributed by atoms with Gasteiger partial charge in [0, 0.05) is 24.7 Å². The van der Waals surface area contributed by atoms with E-state index in [1.807, 2.05) is 37.3 Å². The maximum absolute atomic E-state index is 12.5. The molecule has 1 amide bonds. The van der Waals surface area contributed by atoms with Crippen molar-refractivity contribution in [3.8, 4) is 0 Å². The van der Waals surface area contributed by atoms with Crippen LogP contribution in [0.3, 0.4) is 0 Å². The van der Waals surface area contributed by atoms with E-state index in [-0.39, 0.29) is 18.1 Å². The van der Waals surface area contributed by atoms with E-state index < -0.39 is 0 Å². The van der Waals surface area contributed by atoms with Crippen LogP contribution >= 0.6 is 0 Å². The predicted molar refractivity (Wildman–Crippen MR) is 86.6 cm³/mol. The SMILES string of the molecule is C[C@@H](C(=O)Nc1cccc2ncccc12)N1CCC(O)CC1. The molecule has 1 aromatic heterocycles. The number of fused-ring (bicyclic) bond motifs is 1. The fourth-order valence-electron chi connectivity index (χ4n) is 2.89. The van der Waals surface area contributed by atoms with E-state index in [9.17, 15) is 9.90 Å². The van der Waals surface area contributed by atoms with Crippen LogP contribution in [0, 0.1) is 0 Å². The topological polar surface area (TPSA) is 65.5 Å². The fraction of sp³-hybridized carbons (Fsp3) is 0.412. The quantitative estimate of drug-likeness (QED) is 0.910. The van der Waals surface area contributed by atoms with Crippen molar-refractivity contribution in [1.29, 1.82) is 0 Å². The van der Waals surface area contributed by atoms with Gasteiger partial charge in [0.05, 0.1) is 23.3 Å². The van der Waals surface area contributed by atoms with Crippen LogP contribution < -0.4 is 5.32 Å². The Morgan fingerprint density at radius 3 is 2.86 bits per heavy atom. The summed E-state index contributed by atoms with van der Waals surface area (Å²) in [6, 6.07) is 9.34. The summed E-state index contributed by atoms with van der Waals surface area (Å²) in [5.74, 6) is -0.0206. The number of aliphatic hydroxyl groups excluding tert-OH is 1. The van der Waals surface area contributed by atoms with E-state index in [0.717, 1.165) is 42.5 Å². The normalized spacial score (nSPS) is 18.3. The number of hydrogen-bond donors (Lipinski definition) is 2. The minimum absolute atomic E-state index is 0.0206. The van der Waals surface area contributed by atoms with E-state index in [1.54, 1.807) is 6.20 Å². The van der Waals surface area contributed by atoms with Crippen molar-refractivity contribution in [3.05, 3.63) is 36.5 Å².